The highest BCUT2D eigenvalue weighted by Gasteiger charge is 2.08. The maximum absolute atomic E-state index is 5.50. The first-order chi connectivity index (χ1) is 7.36. The molecule has 0 aliphatic carbocycles. The molecule has 0 heterocycles. The van der Waals surface area contributed by atoms with E-state index in [9.17, 15) is 0 Å². The van der Waals surface area contributed by atoms with Gasteiger partial charge in [-0.05, 0) is 25.1 Å². The van der Waals surface area contributed by atoms with E-state index in [1.54, 1.807) is 0 Å². The summed E-state index contributed by atoms with van der Waals surface area (Å²) in [6, 6.07) is 10.2. The van der Waals surface area contributed by atoms with Gasteiger partial charge in [0.25, 0.3) is 0 Å². The topological polar surface area (TPSA) is 18.5 Å². The third-order valence-corrected chi connectivity index (χ3v) is 3.37. The highest BCUT2D eigenvalue weighted by Crippen LogP contribution is 2.02. The van der Waals surface area contributed by atoms with E-state index in [4.69, 9.17) is 8.85 Å². The van der Waals surface area contributed by atoms with Crippen LogP contribution >= 0.6 is 0 Å². The van der Waals surface area contributed by atoms with Crippen molar-refractivity contribution in [3.63, 3.8) is 0 Å². The Balaban J connectivity index is 2.53. The van der Waals surface area contributed by atoms with Crippen LogP contribution < -0.4 is 0 Å². The van der Waals surface area contributed by atoms with Crippen molar-refractivity contribution in [1.82, 2.24) is 0 Å². The van der Waals surface area contributed by atoms with Crippen molar-refractivity contribution in [3.05, 3.63) is 41.6 Å². The molecule has 0 unspecified atom stereocenters. The molecule has 1 aromatic rings. The van der Waals surface area contributed by atoms with Crippen LogP contribution in [0.3, 0.4) is 0 Å². The molecule has 1 rings (SSSR count). The summed E-state index contributed by atoms with van der Waals surface area (Å²) >= 11 is 0. The van der Waals surface area contributed by atoms with Crippen LogP contribution in [0.15, 0.2) is 36.0 Å². The normalized spacial score (nSPS) is 11.4. The lowest BCUT2D eigenvalue weighted by atomic mass is 10.2. The Morgan fingerprint density at radius 3 is 2.20 bits per heavy atom. The molecule has 0 aliphatic rings. The molecule has 15 heavy (non-hydrogen) atoms. The van der Waals surface area contributed by atoms with Crippen LogP contribution in [0.2, 0.25) is 0 Å². The Hall–Kier alpha value is -0.903. The minimum atomic E-state index is -1.22. The Bertz CT molecular complexity index is 279. The van der Waals surface area contributed by atoms with Crippen LogP contribution in [-0.4, -0.2) is 22.5 Å². The van der Waals surface area contributed by atoms with Crippen molar-refractivity contribution in [2.75, 3.05) is 13.2 Å². The summed E-state index contributed by atoms with van der Waals surface area (Å²) in [7, 11) is -1.22. The highest BCUT2D eigenvalue weighted by atomic mass is 28.3. The molecule has 81 valence electrons. The summed E-state index contributed by atoms with van der Waals surface area (Å²) in [5, 5.41) is 0. The van der Waals surface area contributed by atoms with Crippen LogP contribution in [0, 0.1) is 0 Å². The Morgan fingerprint density at radius 1 is 1.07 bits per heavy atom. The minimum absolute atomic E-state index is 0.702. The molecule has 0 aromatic heterocycles. The van der Waals surface area contributed by atoms with Gasteiger partial charge >= 0.3 is 9.28 Å². The fraction of sp³-hybridized carbons (Fsp3) is 0.333. The van der Waals surface area contributed by atoms with Crippen LogP contribution in [0.4, 0.5) is 0 Å². The molecule has 0 N–H and O–H groups in total. The van der Waals surface area contributed by atoms with Crippen LogP contribution in [0.5, 0.6) is 0 Å². The van der Waals surface area contributed by atoms with E-state index in [1.807, 2.05) is 37.7 Å². The average Bonchev–Trinajstić information content (AvgIpc) is 2.28. The first kappa shape index (κ1) is 12.2. The van der Waals surface area contributed by atoms with Crippen molar-refractivity contribution in [2.45, 2.75) is 13.8 Å². The summed E-state index contributed by atoms with van der Waals surface area (Å²) in [5.41, 5.74) is 3.21. The first-order valence-electron chi connectivity index (χ1n) is 5.22. The lowest BCUT2D eigenvalue weighted by molar-refractivity contribution is 0.224. The molecule has 0 spiro atoms. The SMILES string of the molecule is CCO[Si](C=Cc1ccccc1)OCC. The van der Waals surface area contributed by atoms with Gasteiger partial charge in [0.05, 0.1) is 0 Å². The fourth-order valence-corrected chi connectivity index (χ4v) is 2.32. The predicted octanol–water partition coefficient (Wildman–Crippen LogP) is 2.80. The zero-order valence-electron chi connectivity index (χ0n) is 9.27. The Labute approximate surface area is 93.4 Å². The molecular weight excluding hydrogens is 204 g/mol. The molecule has 0 aliphatic heterocycles. The maximum Gasteiger partial charge on any atom is 0.415 e. The molecule has 0 saturated heterocycles. The number of hydrogen-bond acceptors (Lipinski definition) is 2. The van der Waals surface area contributed by atoms with Crippen molar-refractivity contribution in [2.24, 2.45) is 0 Å². The zero-order chi connectivity index (χ0) is 10.9. The van der Waals surface area contributed by atoms with Crippen molar-refractivity contribution < 1.29 is 8.85 Å². The van der Waals surface area contributed by atoms with Gasteiger partial charge in [-0.3, -0.25) is 0 Å². The van der Waals surface area contributed by atoms with E-state index in [-0.39, 0.29) is 0 Å². The minimum Gasteiger partial charge on any atom is -0.391 e. The summed E-state index contributed by atoms with van der Waals surface area (Å²) < 4.78 is 11.0. The van der Waals surface area contributed by atoms with Gasteiger partial charge in [-0.2, -0.15) is 0 Å². The predicted molar refractivity (Wildman–Crippen MR) is 64.5 cm³/mol. The number of benzene rings is 1. The maximum atomic E-state index is 5.50. The summed E-state index contributed by atoms with van der Waals surface area (Å²) in [6.07, 6.45) is 2.06. The smallest absolute Gasteiger partial charge is 0.391 e. The molecule has 3 heteroatoms. The van der Waals surface area contributed by atoms with Gasteiger partial charge in [-0.1, -0.05) is 36.4 Å². The summed E-state index contributed by atoms with van der Waals surface area (Å²) in [4.78, 5) is 0. The Kier molecular flexibility index (Phi) is 6.00. The second-order valence-corrected chi connectivity index (χ2v) is 4.48. The molecule has 1 radical (unpaired) electrons. The molecule has 0 amide bonds. The van der Waals surface area contributed by atoms with E-state index in [0.29, 0.717) is 13.2 Å². The third kappa shape index (κ3) is 4.92. The number of rotatable bonds is 6. The monoisotopic (exact) mass is 221 g/mol. The van der Waals surface area contributed by atoms with E-state index in [2.05, 4.69) is 18.2 Å². The zero-order valence-corrected chi connectivity index (χ0v) is 10.3. The quantitative estimate of drug-likeness (QED) is 0.688. The van der Waals surface area contributed by atoms with Crippen LogP contribution in [-0.2, 0) is 8.85 Å². The molecule has 0 fully saturated rings. The Morgan fingerprint density at radius 2 is 1.67 bits per heavy atom. The summed E-state index contributed by atoms with van der Waals surface area (Å²) in [6.45, 7) is 5.38. The second-order valence-electron chi connectivity index (χ2n) is 2.93. The molecule has 0 bridgehead atoms. The summed E-state index contributed by atoms with van der Waals surface area (Å²) in [5.74, 6) is 0. The van der Waals surface area contributed by atoms with Crippen LogP contribution in [0.25, 0.3) is 6.08 Å². The lowest BCUT2D eigenvalue weighted by Gasteiger charge is -2.08. The van der Waals surface area contributed by atoms with Crippen molar-refractivity contribution >= 4 is 15.4 Å². The number of hydrogen-bond donors (Lipinski definition) is 0. The molecule has 2 nitrogen and oxygen atoms in total. The molecular formula is C12H17O2Si. The highest BCUT2D eigenvalue weighted by molar-refractivity contribution is 6.51. The van der Waals surface area contributed by atoms with Gasteiger partial charge < -0.3 is 8.85 Å². The van der Waals surface area contributed by atoms with Crippen LogP contribution in [0.1, 0.15) is 19.4 Å². The van der Waals surface area contributed by atoms with E-state index < -0.39 is 9.28 Å². The second kappa shape index (κ2) is 7.40. The van der Waals surface area contributed by atoms with Crippen molar-refractivity contribution in [1.29, 1.82) is 0 Å². The molecule has 0 saturated carbocycles. The third-order valence-electron chi connectivity index (χ3n) is 1.78. The standard InChI is InChI=1S/C12H17O2Si/c1-3-13-15(14-4-2)11-10-12-8-6-5-7-9-12/h5-11H,3-4H2,1-2H3. The van der Waals surface area contributed by atoms with Crippen molar-refractivity contribution in [3.8, 4) is 0 Å². The largest absolute Gasteiger partial charge is 0.415 e. The van der Waals surface area contributed by atoms with E-state index >= 15 is 0 Å². The fourth-order valence-electron chi connectivity index (χ4n) is 1.15. The van der Waals surface area contributed by atoms with E-state index in [1.165, 1.54) is 5.56 Å². The van der Waals surface area contributed by atoms with Gasteiger partial charge in [0.1, 0.15) is 0 Å². The molecule has 0 atom stereocenters. The van der Waals surface area contributed by atoms with Gasteiger partial charge in [0.2, 0.25) is 0 Å². The van der Waals surface area contributed by atoms with Gasteiger partial charge in [-0.15, -0.1) is 0 Å². The van der Waals surface area contributed by atoms with E-state index in [0.717, 1.165) is 0 Å². The average molecular weight is 221 g/mol. The first-order valence-corrected chi connectivity index (χ1v) is 6.62. The van der Waals surface area contributed by atoms with Gasteiger partial charge in [0.15, 0.2) is 0 Å². The van der Waals surface area contributed by atoms with Gasteiger partial charge in [-0.25, -0.2) is 0 Å². The lowest BCUT2D eigenvalue weighted by Crippen LogP contribution is -2.20. The molecule has 1 aromatic carbocycles. The van der Waals surface area contributed by atoms with Gasteiger partial charge in [0, 0.05) is 13.2 Å².